The number of fused-ring (bicyclic) bond motifs is 1. The van der Waals surface area contributed by atoms with Gasteiger partial charge < -0.3 is 14.8 Å². The summed E-state index contributed by atoms with van der Waals surface area (Å²) in [5.74, 6) is 1.57. The van der Waals surface area contributed by atoms with Gasteiger partial charge in [-0.2, -0.15) is 0 Å². The minimum atomic E-state index is 0.00475. The van der Waals surface area contributed by atoms with E-state index in [4.69, 9.17) is 21.1 Å². The summed E-state index contributed by atoms with van der Waals surface area (Å²) in [4.78, 5) is 0. The summed E-state index contributed by atoms with van der Waals surface area (Å²) in [6, 6.07) is 3.93. The molecular formula is C15H22ClNO2. The van der Waals surface area contributed by atoms with Gasteiger partial charge in [0.25, 0.3) is 0 Å². The Balaban J connectivity index is 2.33. The van der Waals surface area contributed by atoms with Crippen molar-refractivity contribution in [1.29, 1.82) is 0 Å². The highest BCUT2D eigenvalue weighted by Gasteiger charge is 2.25. The maximum Gasteiger partial charge on any atom is 0.162 e. The van der Waals surface area contributed by atoms with Gasteiger partial charge in [-0.15, -0.1) is 0 Å². The lowest BCUT2D eigenvalue weighted by Gasteiger charge is -2.27. The summed E-state index contributed by atoms with van der Waals surface area (Å²) >= 11 is 6.42. The summed E-state index contributed by atoms with van der Waals surface area (Å²) in [6.07, 6.45) is 1.92. The van der Waals surface area contributed by atoms with Gasteiger partial charge in [-0.25, -0.2) is 0 Å². The number of hydrogen-bond donors (Lipinski definition) is 1. The summed E-state index contributed by atoms with van der Waals surface area (Å²) in [7, 11) is 1.96. The quantitative estimate of drug-likeness (QED) is 0.919. The first kappa shape index (κ1) is 14.5. The molecule has 0 aromatic heterocycles. The largest absolute Gasteiger partial charge is 0.490 e. The number of benzene rings is 1. The predicted molar refractivity (Wildman–Crippen MR) is 78.6 cm³/mol. The van der Waals surface area contributed by atoms with Crippen LogP contribution in [0.3, 0.4) is 0 Å². The molecule has 0 spiro atoms. The minimum absolute atomic E-state index is 0.00475. The molecule has 1 heterocycles. The first-order valence-corrected chi connectivity index (χ1v) is 7.16. The van der Waals surface area contributed by atoms with Gasteiger partial charge in [-0.05, 0) is 37.1 Å². The van der Waals surface area contributed by atoms with Crippen LogP contribution >= 0.6 is 11.6 Å². The van der Waals surface area contributed by atoms with Crippen LogP contribution in [0.1, 0.15) is 32.3 Å². The highest BCUT2D eigenvalue weighted by molar-refractivity contribution is 6.31. The summed E-state index contributed by atoms with van der Waals surface area (Å²) < 4.78 is 11.4. The monoisotopic (exact) mass is 283 g/mol. The fourth-order valence-electron chi connectivity index (χ4n) is 2.27. The Morgan fingerprint density at radius 2 is 1.84 bits per heavy atom. The highest BCUT2D eigenvalue weighted by Crippen LogP contribution is 2.41. The first-order valence-electron chi connectivity index (χ1n) is 6.79. The molecule has 106 valence electrons. The lowest BCUT2D eigenvalue weighted by Crippen LogP contribution is -2.24. The summed E-state index contributed by atoms with van der Waals surface area (Å²) in [5, 5.41) is 3.94. The van der Waals surface area contributed by atoms with E-state index >= 15 is 0 Å². The van der Waals surface area contributed by atoms with Crippen LogP contribution in [-0.2, 0) is 5.41 Å². The van der Waals surface area contributed by atoms with Crippen LogP contribution in [0.25, 0.3) is 0 Å². The molecule has 0 atom stereocenters. The molecule has 0 bridgehead atoms. The van der Waals surface area contributed by atoms with E-state index in [2.05, 4.69) is 19.2 Å². The molecule has 0 unspecified atom stereocenters. The van der Waals surface area contributed by atoms with E-state index in [1.807, 2.05) is 19.2 Å². The van der Waals surface area contributed by atoms with E-state index in [-0.39, 0.29) is 5.41 Å². The second kappa shape index (κ2) is 6.02. The standard InChI is InChI=1S/C15H22ClNO2/c1-15(2,5-6-17-3)11-9-13-14(10-12(11)16)19-8-4-7-18-13/h9-10,17H,4-8H2,1-3H3. The third-order valence-corrected chi connectivity index (χ3v) is 3.88. The Labute approximate surface area is 120 Å². The molecule has 1 aliphatic rings. The van der Waals surface area contributed by atoms with Crippen molar-refractivity contribution in [1.82, 2.24) is 5.32 Å². The lowest BCUT2D eigenvalue weighted by molar-refractivity contribution is 0.296. The van der Waals surface area contributed by atoms with Gasteiger partial charge in [-0.1, -0.05) is 25.4 Å². The minimum Gasteiger partial charge on any atom is -0.490 e. The smallest absolute Gasteiger partial charge is 0.162 e. The molecule has 1 aromatic carbocycles. The molecule has 3 nitrogen and oxygen atoms in total. The Morgan fingerprint density at radius 1 is 1.21 bits per heavy atom. The molecule has 0 fully saturated rings. The van der Waals surface area contributed by atoms with Crippen molar-refractivity contribution in [3.63, 3.8) is 0 Å². The molecular weight excluding hydrogens is 262 g/mol. The SMILES string of the molecule is CNCCC(C)(C)c1cc2c(cc1Cl)OCCCO2. The third kappa shape index (κ3) is 3.34. The second-order valence-electron chi connectivity index (χ2n) is 5.57. The van der Waals surface area contributed by atoms with Crippen molar-refractivity contribution in [2.45, 2.75) is 32.1 Å². The molecule has 0 saturated heterocycles. The van der Waals surface area contributed by atoms with E-state index < -0.39 is 0 Å². The zero-order valence-electron chi connectivity index (χ0n) is 11.9. The lowest BCUT2D eigenvalue weighted by atomic mass is 9.81. The first-order chi connectivity index (χ1) is 9.04. The van der Waals surface area contributed by atoms with Crippen LogP contribution in [0.2, 0.25) is 5.02 Å². The van der Waals surface area contributed by atoms with Crippen molar-refractivity contribution in [3.05, 3.63) is 22.7 Å². The number of halogens is 1. The topological polar surface area (TPSA) is 30.5 Å². The number of rotatable bonds is 4. The number of nitrogens with one attached hydrogen (secondary N) is 1. The van der Waals surface area contributed by atoms with Gasteiger partial charge in [0.05, 0.1) is 13.2 Å². The van der Waals surface area contributed by atoms with Crippen LogP contribution in [0.4, 0.5) is 0 Å². The van der Waals surface area contributed by atoms with Crippen LogP contribution in [0, 0.1) is 0 Å². The molecule has 4 heteroatoms. The molecule has 0 radical (unpaired) electrons. The van der Waals surface area contributed by atoms with Crippen molar-refractivity contribution in [2.24, 2.45) is 0 Å². The highest BCUT2D eigenvalue weighted by atomic mass is 35.5. The fraction of sp³-hybridized carbons (Fsp3) is 0.600. The molecule has 1 aliphatic heterocycles. The van der Waals surface area contributed by atoms with Gasteiger partial charge >= 0.3 is 0 Å². The Kier molecular flexibility index (Phi) is 4.58. The zero-order valence-corrected chi connectivity index (χ0v) is 12.6. The molecule has 0 saturated carbocycles. The van der Waals surface area contributed by atoms with Crippen molar-refractivity contribution in [2.75, 3.05) is 26.8 Å². The Hall–Kier alpha value is -0.930. The van der Waals surface area contributed by atoms with Crippen LogP contribution in [0.5, 0.6) is 11.5 Å². The average Bonchev–Trinajstić information content (AvgIpc) is 2.60. The van der Waals surface area contributed by atoms with Crippen molar-refractivity contribution >= 4 is 11.6 Å². The summed E-state index contributed by atoms with van der Waals surface area (Å²) in [6.45, 7) is 6.75. The molecule has 1 N–H and O–H groups in total. The van der Waals surface area contributed by atoms with Crippen molar-refractivity contribution < 1.29 is 9.47 Å². The van der Waals surface area contributed by atoms with Gasteiger partial charge in [0.2, 0.25) is 0 Å². The Bertz CT molecular complexity index is 446. The predicted octanol–water partition coefficient (Wildman–Crippen LogP) is 3.39. The molecule has 0 amide bonds. The van der Waals surface area contributed by atoms with E-state index in [0.717, 1.165) is 41.5 Å². The van der Waals surface area contributed by atoms with Gasteiger partial charge in [0, 0.05) is 17.5 Å². The van der Waals surface area contributed by atoms with Gasteiger partial charge in [0.15, 0.2) is 11.5 Å². The number of ether oxygens (including phenoxy) is 2. The summed E-state index contributed by atoms with van der Waals surface area (Å²) in [5.41, 5.74) is 1.12. The number of hydrogen-bond acceptors (Lipinski definition) is 3. The molecule has 0 aliphatic carbocycles. The second-order valence-corrected chi connectivity index (χ2v) is 5.97. The molecule has 2 rings (SSSR count). The van der Waals surface area contributed by atoms with Crippen LogP contribution < -0.4 is 14.8 Å². The van der Waals surface area contributed by atoms with E-state index in [0.29, 0.717) is 13.2 Å². The normalized spacial score (nSPS) is 15.2. The fourth-order valence-corrected chi connectivity index (χ4v) is 2.68. The van der Waals surface area contributed by atoms with Gasteiger partial charge in [0.1, 0.15) is 0 Å². The maximum atomic E-state index is 6.42. The maximum absolute atomic E-state index is 6.42. The van der Waals surface area contributed by atoms with E-state index in [1.54, 1.807) is 0 Å². The zero-order chi connectivity index (χ0) is 13.9. The Morgan fingerprint density at radius 3 is 2.47 bits per heavy atom. The average molecular weight is 284 g/mol. The van der Waals surface area contributed by atoms with E-state index in [1.165, 1.54) is 0 Å². The molecule has 1 aromatic rings. The molecule has 19 heavy (non-hydrogen) atoms. The van der Waals surface area contributed by atoms with Crippen molar-refractivity contribution in [3.8, 4) is 11.5 Å². The van der Waals surface area contributed by atoms with Gasteiger partial charge in [-0.3, -0.25) is 0 Å². The van der Waals surface area contributed by atoms with Crippen LogP contribution in [0.15, 0.2) is 12.1 Å². The van der Waals surface area contributed by atoms with Crippen LogP contribution in [-0.4, -0.2) is 26.8 Å². The third-order valence-electron chi connectivity index (χ3n) is 3.57. The van der Waals surface area contributed by atoms with E-state index in [9.17, 15) is 0 Å².